The number of hydrogen-bond donors (Lipinski definition) is 1. The SMILES string of the molecule is Cc1ccc(NS(=O)(=O)c2cnn(C)c2I)c(C)c1. The summed E-state index contributed by atoms with van der Waals surface area (Å²) in [6.07, 6.45) is 1.35. The first kappa shape index (κ1) is 14.3. The second-order valence-corrected chi connectivity index (χ2v) is 7.02. The maximum Gasteiger partial charge on any atom is 0.266 e. The molecule has 1 N–H and O–H groups in total. The standard InChI is InChI=1S/C12H14IN3O2S/c1-8-4-5-10(9(2)6-8)15-19(17,18)11-7-14-16(3)12(11)13/h4-7,15H,1-3H3. The van der Waals surface area contributed by atoms with Crippen LogP contribution in [0.5, 0.6) is 0 Å². The lowest BCUT2D eigenvalue weighted by molar-refractivity contribution is 0.600. The largest absolute Gasteiger partial charge is 0.279 e. The molecule has 1 aromatic heterocycles. The number of rotatable bonds is 3. The highest BCUT2D eigenvalue weighted by Crippen LogP contribution is 2.23. The van der Waals surface area contributed by atoms with Crippen molar-refractivity contribution in [2.24, 2.45) is 7.05 Å². The molecule has 7 heteroatoms. The van der Waals surface area contributed by atoms with Crippen LogP contribution in [-0.2, 0) is 17.1 Å². The van der Waals surface area contributed by atoms with E-state index in [1.165, 1.54) is 10.9 Å². The summed E-state index contributed by atoms with van der Waals surface area (Å²) >= 11 is 1.96. The van der Waals surface area contributed by atoms with Crippen LogP contribution in [0, 0.1) is 17.5 Å². The van der Waals surface area contributed by atoms with Crippen LogP contribution in [0.25, 0.3) is 0 Å². The van der Waals surface area contributed by atoms with E-state index < -0.39 is 10.0 Å². The third-order valence-electron chi connectivity index (χ3n) is 2.75. The third-order valence-corrected chi connectivity index (χ3v) is 5.76. The minimum atomic E-state index is -3.60. The van der Waals surface area contributed by atoms with Crippen LogP contribution in [-0.4, -0.2) is 18.2 Å². The molecule has 0 aliphatic heterocycles. The molecular weight excluding hydrogens is 377 g/mol. The van der Waals surface area contributed by atoms with Gasteiger partial charge in [-0.1, -0.05) is 17.7 Å². The van der Waals surface area contributed by atoms with Crippen molar-refractivity contribution < 1.29 is 8.42 Å². The molecule has 2 aromatic rings. The van der Waals surface area contributed by atoms with Gasteiger partial charge in [0.2, 0.25) is 0 Å². The molecule has 5 nitrogen and oxygen atoms in total. The van der Waals surface area contributed by atoms with Crippen LogP contribution in [0.1, 0.15) is 11.1 Å². The number of aryl methyl sites for hydroxylation is 3. The van der Waals surface area contributed by atoms with Crippen molar-refractivity contribution in [1.29, 1.82) is 0 Å². The summed E-state index contributed by atoms with van der Waals surface area (Å²) in [5, 5.41) is 3.95. The molecule has 19 heavy (non-hydrogen) atoms. The van der Waals surface area contributed by atoms with Crippen LogP contribution in [0.4, 0.5) is 5.69 Å². The van der Waals surface area contributed by atoms with E-state index in [-0.39, 0.29) is 4.90 Å². The van der Waals surface area contributed by atoms with Gasteiger partial charge in [-0.25, -0.2) is 8.42 Å². The molecule has 0 amide bonds. The van der Waals surface area contributed by atoms with Crippen molar-refractivity contribution in [2.75, 3.05) is 4.72 Å². The Hall–Kier alpha value is -1.09. The van der Waals surface area contributed by atoms with Crippen molar-refractivity contribution in [3.63, 3.8) is 0 Å². The molecule has 0 radical (unpaired) electrons. The Morgan fingerprint density at radius 2 is 2.00 bits per heavy atom. The molecule has 0 saturated heterocycles. The topological polar surface area (TPSA) is 64.0 Å². The number of halogens is 1. The van der Waals surface area contributed by atoms with Crippen molar-refractivity contribution in [3.05, 3.63) is 39.2 Å². The van der Waals surface area contributed by atoms with Gasteiger partial charge in [0.1, 0.15) is 8.60 Å². The number of hydrogen-bond acceptors (Lipinski definition) is 3. The Morgan fingerprint density at radius 1 is 1.32 bits per heavy atom. The quantitative estimate of drug-likeness (QED) is 0.818. The zero-order valence-corrected chi connectivity index (χ0v) is 13.8. The van der Waals surface area contributed by atoms with Gasteiger partial charge in [0.25, 0.3) is 10.0 Å². The predicted molar refractivity (Wildman–Crippen MR) is 82.6 cm³/mol. The lowest BCUT2D eigenvalue weighted by Gasteiger charge is -2.10. The fourth-order valence-corrected chi connectivity index (χ4v) is 4.01. The van der Waals surface area contributed by atoms with Crippen LogP contribution in [0.2, 0.25) is 0 Å². The summed E-state index contributed by atoms with van der Waals surface area (Å²) in [6, 6.07) is 5.58. The van der Waals surface area contributed by atoms with E-state index in [2.05, 4.69) is 9.82 Å². The summed E-state index contributed by atoms with van der Waals surface area (Å²) < 4.78 is 29.3. The Balaban J connectivity index is 2.39. The summed E-state index contributed by atoms with van der Waals surface area (Å²) in [4.78, 5) is 0.190. The minimum Gasteiger partial charge on any atom is -0.279 e. The number of aromatic nitrogens is 2. The minimum absolute atomic E-state index is 0.190. The molecule has 0 atom stereocenters. The number of sulfonamides is 1. The maximum absolute atomic E-state index is 12.3. The van der Waals surface area contributed by atoms with Gasteiger partial charge >= 0.3 is 0 Å². The van der Waals surface area contributed by atoms with E-state index in [1.807, 2.05) is 48.6 Å². The number of anilines is 1. The van der Waals surface area contributed by atoms with Crippen molar-refractivity contribution in [2.45, 2.75) is 18.7 Å². The summed E-state index contributed by atoms with van der Waals surface area (Å²) in [5.74, 6) is 0. The molecule has 102 valence electrons. The van der Waals surface area contributed by atoms with E-state index in [4.69, 9.17) is 0 Å². The molecule has 0 spiro atoms. The molecule has 1 heterocycles. The Labute approximate surface area is 126 Å². The second kappa shape index (κ2) is 5.12. The molecule has 0 fully saturated rings. The fraction of sp³-hybridized carbons (Fsp3) is 0.250. The third kappa shape index (κ3) is 2.92. The Kier molecular flexibility index (Phi) is 3.86. The van der Waals surface area contributed by atoms with Crippen LogP contribution in [0.3, 0.4) is 0 Å². The zero-order chi connectivity index (χ0) is 14.2. The second-order valence-electron chi connectivity index (χ2n) is 4.35. The molecule has 0 bridgehead atoms. The fourth-order valence-electron chi connectivity index (χ4n) is 1.71. The van der Waals surface area contributed by atoms with Crippen molar-refractivity contribution in [3.8, 4) is 0 Å². The first-order valence-corrected chi connectivity index (χ1v) is 8.15. The highest BCUT2D eigenvalue weighted by atomic mass is 127. The number of nitrogens with one attached hydrogen (secondary N) is 1. The van der Waals surface area contributed by atoms with E-state index >= 15 is 0 Å². The number of nitrogens with zero attached hydrogens (tertiary/aromatic N) is 2. The lowest BCUT2D eigenvalue weighted by atomic mass is 10.1. The highest BCUT2D eigenvalue weighted by molar-refractivity contribution is 14.1. The molecular formula is C12H14IN3O2S. The smallest absolute Gasteiger partial charge is 0.266 e. The highest BCUT2D eigenvalue weighted by Gasteiger charge is 2.21. The first-order valence-electron chi connectivity index (χ1n) is 5.59. The lowest BCUT2D eigenvalue weighted by Crippen LogP contribution is -2.14. The van der Waals surface area contributed by atoms with Gasteiger partial charge in [-0.2, -0.15) is 5.10 Å². The van der Waals surface area contributed by atoms with Crippen molar-refractivity contribution in [1.82, 2.24) is 9.78 Å². The van der Waals surface area contributed by atoms with E-state index in [1.54, 1.807) is 13.1 Å². The molecule has 2 rings (SSSR count). The van der Waals surface area contributed by atoms with Gasteiger partial charge in [0.05, 0.1) is 11.9 Å². The average Bonchev–Trinajstić information content (AvgIpc) is 2.64. The van der Waals surface area contributed by atoms with Gasteiger partial charge in [-0.05, 0) is 48.1 Å². The van der Waals surface area contributed by atoms with Crippen LogP contribution >= 0.6 is 22.6 Å². The zero-order valence-electron chi connectivity index (χ0n) is 10.8. The van der Waals surface area contributed by atoms with E-state index in [0.717, 1.165) is 11.1 Å². The van der Waals surface area contributed by atoms with Crippen molar-refractivity contribution >= 4 is 38.3 Å². The Bertz CT molecular complexity index is 723. The van der Waals surface area contributed by atoms with E-state index in [0.29, 0.717) is 9.39 Å². The molecule has 0 saturated carbocycles. The van der Waals surface area contributed by atoms with Gasteiger partial charge in [-0.3, -0.25) is 9.40 Å². The van der Waals surface area contributed by atoms with Gasteiger partial charge in [0, 0.05) is 7.05 Å². The maximum atomic E-state index is 12.3. The summed E-state index contributed by atoms with van der Waals surface area (Å²) in [6.45, 7) is 3.84. The van der Waals surface area contributed by atoms with E-state index in [9.17, 15) is 8.42 Å². The first-order chi connectivity index (χ1) is 8.81. The average molecular weight is 391 g/mol. The molecule has 0 unspecified atom stereocenters. The van der Waals surface area contributed by atoms with Gasteiger partial charge in [-0.15, -0.1) is 0 Å². The monoisotopic (exact) mass is 391 g/mol. The van der Waals surface area contributed by atoms with Crippen LogP contribution in [0.15, 0.2) is 29.3 Å². The summed E-state index contributed by atoms with van der Waals surface area (Å²) in [5.41, 5.74) is 2.57. The summed E-state index contributed by atoms with van der Waals surface area (Å²) in [7, 11) is -1.89. The Morgan fingerprint density at radius 3 is 2.53 bits per heavy atom. The van der Waals surface area contributed by atoms with Crippen LogP contribution < -0.4 is 4.72 Å². The molecule has 1 aromatic carbocycles. The molecule has 0 aliphatic carbocycles. The molecule has 0 aliphatic rings. The van der Waals surface area contributed by atoms with Gasteiger partial charge < -0.3 is 0 Å². The van der Waals surface area contributed by atoms with Gasteiger partial charge in [0.15, 0.2) is 0 Å². The number of benzene rings is 1. The predicted octanol–water partition coefficient (Wildman–Crippen LogP) is 2.44. The normalized spacial score (nSPS) is 11.6.